The summed E-state index contributed by atoms with van der Waals surface area (Å²) >= 11 is 10.8. The summed E-state index contributed by atoms with van der Waals surface area (Å²) in [6, 6.07) is 27.1. The summed E-state index contributed by atoms with van der Waals surface area (Å²) in [6.45, 7) is 33.0. The van der Waals surface area contributed by atoms with Gasteiger partial charge in [-0.15, -0.1) is 0 Å². The van der Waals surface area contributed by atoms with Crippen LogP contribution in [0.5, 0.6) is 17.2 Å². The van der Waals surface area contributed by atoms with Crippen LogP contribution < -0.4 is 76.7 Å². The number of halogens is 3. The zero-order chi connectivity index (χ0) is 92.4. The van der Waals surface area contributed by atoms with Crippen molar-refractivity contribution in [2.75, 3.05) is 241 Å². The third kappa shape index (κ3) is 21.9. The van der Waals surface area contributed by atoms with Gasteiger partial charge < -0.3 is 94.1 Å². The first kappa shape index (κ1) is 94.9. The molecule has 5 aromatic heterocycles. The lowest BCUT2D eigenvalue weighted by molar-refractivity contribution is -0.0207. The van der Waals surface area contributed by atoms with Gasteiger partial charge in [0.15, 0.2) is 0 Å². The normalized spacial score (nSPS) is 17.3. The molecule has 1 aliphatic carbocycles. The van der Waals surface area contributed by atoms with Crippen LogP contribution in [0.25, 0.3) is 22.1 Å². The Morgan fingerprint density at radius 1 is 0.450 bits per heavy atom. The highest BCUT2D eigenvalue weighted by Gasteiger charge is 2.46. The van der Waals surface area contributed by atoms with Gasteiger partial charge in [0.25, 0.3) is 0 Å². The number of hydrogen-bond donors (Lipinski definition) is 6. The number of piperazine rings is 1. The first-order chi connectivity index (χ1) is 62.7. The molecular weight excluding hydrogens is 1910 g/mol. The van der Waals surface area contributed by atoms with Crippen molar-refractivity contribution in [2.24, 2.45) is 10.8 Å². The predicted molar refractivity (Wildman–Crippen MR) is 547 cm³/mol. The summed E-state index contributed by atoms with van der Waals surface area (Å²) < 4.78 is 59.7. The van der Waals surface area contributed by atoms with E-state index in [0.29, 0.717) is 105 Å². The number of aryl methyl sites for hydroxylation is 3. The Morgan fingerprint density at radius 2 is 0.870 bits per heavy atom. The van der Waals surface area contributed by atoms with Crippen LogP contribution in [0.3, 0.4) is 0 Å². The SMILES string of the molecule is COc1cc(N2CCC(N3CCN(C)CC3)CC2)ccc1Nc1ncc(Br)c(Nc2ccc3c(c2P(C)(C)=O)CCC3)n1.COc1cc(N2CCC3(CC2)CN(C)C3)c(C)cc1Nc1ncc(Br)c(Nc2ccc3nccnc3c2P(C)(C)=O)n1.COc1cc(N2CCC3(CC2)CN(CCN(C)C)C3)c(C)cc1Nc1ncc(Br)c(Nc2ccc3nccnc3c2P(C)(C)=O)n1. The summed E-state index contributed by atoms with van der Waals surface area (Å²) in [5, 5.41) is 22.5. The number of aromatic nitrogens is 10. The molecule has 0 amide bonds. The molecule has 0 saturated carbocycles. The first-order valence-electron chi connectivity index (χ1n) is 45.0. The molecule has 36 heteroatoms. The van der Waals surface area contributed by atoms with Gasteiger partial charge >= 0.3 is 0 Å². The van der Waals surface area contributed by atoms with Crippen LogP contribution in [0, 0.1) is 24.7 Å². The van der Waals surface area contributed by atoms with Crippen LogP contribution in [0.4, 0.5) is 86.5 Å². The van der Waals surface area contributed by atoms with Crippen molar-refractivity contribution in [2.45, 2.75) is 77.7 Å². The number of likely N-dealkylation sites (N-methyl/N-ethyl adjacent to an activating group) is 2. The zero-order valence-corrected chi connectivity index (χ0v) is 85.2. The minimum atomic E-state index is -2.73. The highest BCUT2D eigenvalue weighted by atomic mass is 79.9. The van der Waals surface area contributed by atoms with Crippen molar-refractivity contribution in [3.05, 3.63) is 158 Å². The van der Waals surface area contributed by atoms with E-state index < -0.39 is 21.4 Å². The minimum absolute atomic E-state index is 0.401. The number of likely N-dealkylation sites (tertiary alicyclic amines) is 2. The van der Waals surface area contributed by atoms with Crippen LogP contribution >= 0.6 is 69.2 Å². The van der Waals surface area contributed by atoms with E-state index in [1.54, 1.807) is 91.4 Å². The van der Waals surface area contributed by atoms with Gasteiger partial charge in [-0.3, -0.25) is 24.8 Å². The Hall–Kier alpha value is -9.23. The van der Waals surface area contributed by atoms with Crippen molar-refractivity contribution in [3.63, 3.8) is 0 Å². The van der Waals surface area contributed by atoms with Gasteiger partial charge in [0, 0.05) is 195 Å². The van der Waals surface area contributed by atoms with Crippen LogP contribution in [0.1, 0.15) is 67.2 Å². The average Bonchev–Trinajstić information content (AvgIpc) is 0.930. The molecule has 694 valence electrons. The molecule has 6 aromatic carbocycles. The standard InChI is InChI=1S/C33H43BrN9O2P.C32H43BrN7O2P.C30H36BrN8O2P/c1-22-17-26(28(45-4)18-27(22)43-13-9-33(10-14-43)20-42(21-33)16-15-41(2)3)39-32-37-19-23(34)31(40-32)38-25-8-7-24-29(36-12-11-35-24)30(25)46(5,6)44;1-38-16-18-40(19-17-38)23-12-14-39(15-13-23)24-9-11-27(29(20-24)42-2)36-32-34-21-26(33)31(37-32)35-28-10-8-22-6-5-7-25(22)30(28)43(3,4)41;1-19-14-23(25(41-3)15-24(19)39-12-8-30(9-13-39)17-38(2)18-30)36-29-34-16-20(31)28(37-29)35-22-7-6-21-26(33-11-10-32-21)27(22)42(4,5)40/h7-8,11-12,17-19H,9-10,13-16,20-21H2,1-6H3,(H2,37,38,39,40);8-11,20-21,23H,5-7,12-19H2,1-4H3,(H2,34,35,36,37);6-7,10-11,14-16H,8-9,12-13,17-18H2,1-5H3,(H2,34,35,36,37). The lowest BCUT2D eigenvalue weighted by Gasteiger charge is -2.54. The monoisotopic (exact) mass is 2020 g/mol. The van der Waals surface area contributed by atoms with Crippen molar-refractivity contribution < 1.29 is 27.9 Å². The first-order valence-corrected chi connectivity index (χ1v) is 55.1. The molecule has 6 N–H and O–H groups in total. The van der Waals surface area contributed by atoms with Crippen LogP contribution in [0.2, 0.25) is 0 Å². The van der Waals surface area contributed by atoms with Gasteiger partial charge in [-0.25, -0.2) is 15.0 Å². The Kier molecular flexibility index (Phi) is 29.1. The molecule has 2 spiro atoms. The van der Waals surface area contributed by atoms with E-state index in [1.165, 1.54) is 130 Å². The fourth-order valence-electron chi connectivity index (χ4n) is 19.8. The molecule has 11 aromatic rings. The van der Waals surface area contributed by atoms with E-state index in [4.69, 9.17) is 29.2 Å². The number of ether oxygens (including phenoxy) is 3. The lowest BCUT2D eigenvalue weighted by Crippen LogP contribution is -2.61. The summed E-state index contributed by atoms with van der Waals surface area (Å²) in [5.74, 6) is 5.13. The number of nitrogens with zero attached hydrogens (tertiary/aromatic N) is 18. The Morgan fingerprint density at radius 3 is 1.31 bits per heavy atom. The summed E-state index contributed by atoms with van der Waals surface area (Å²) in [7, 11) is 5.80. The van der Waals surface area contributed by atoms with Gasteiger partial charge in [0.05, 0.1) is 90.5 Å². The second-order valence-corrected chi connectivity index (χ2v) is 49.5. The minimum Gasteiger partial charge on any atom is -0.494 e. The molecule has 7 aliphatic rings. The fraction of sp³-hybridized carbons (Fsp3) is 0.453. The van der Waals surface area contributed by atoms with E-state index in [0.717, 1.165) is 121 Å². The smallest absolute Gasteiger partial charge is 0.229 e. The van der Waals surface area contributed by atoms with E-state index >= 15 is 0 Å². The fourth-order valence-corrected chi connectivity index (χ4v) is 25.1. The summed E-state index contributed by atoms with van der Waals surface area (Å²) in [5.41, 5.74) is 16.6. The third-order valence-corrected chi connectivity index (χ3v) is 32.8. The maximum atomic E-state index is 13.4. The molecule has 6 aliphatic heterocycles. The molecule has 0 atom stereocenters. The van der Waals surface area contributed by atoms with Gasteiger partial charge in [-0.1, -0.05) is 6.07 Å². The van der Waals surface area contributed by atoms with Crippen molar-refractivity contribution >= 4 is 194 Å². The van der Waals surface area contributed by atoms with Crippen molar-refractivity contribution in [3.8, 4) is 17.2 Å². The maximum Gasteiger partial charge on any atom is 0.229 e. The number of anilines is 15. The molecule has 0 radical (unpaired) electrons. The number of piperidine rings is 3. The molecule has 0 unspecified atom stereocenters. The molecule has 30 nitrogen and oxygen atoms in total. The second kappa shape index (κ2) is 40.1. The van der Waals surface area contributed by atoms with Gasteiger partial charge in [-0.2, -0.15) is 15.0 Å². The van der Waals surface area contributed by atoms with Gasteiger partial charge in [0.1, 0.15) is 67.2 Å². The molecule has 0 bridgehead atoms. The largest absolute Gasteiger partial charge is 0.494 e. The molecule has 18 rings (SSSR count). The second-order valence-electron chi connectivity index (χ2n) is 37.5. The number of fused-ring (bicyclic) bond motifs is 3. The number of methoxy groups -OCH3 is 3. The van der Waals surface area contributed by atoms with Gasteiger partial charge in [0.2, 0.25) is 17.8 Å². The molecule has 6 fully saturated rings. The number of hydrogen-bond acceptors (Lipinski definition) is 30. The lowest BCUT2D eigenvalue weighted by atomic mass is 9.72. The Bertz CT molecular complexity index is 6160. The van der Waals surface area contributed by atoms with Crippen LogP contribution in [0.15, 0.2) is 136 Å². The number of rotatable bonds is 25. The van der Waals surface area contributed by atoms with Gasteiger partial charge in [-0.05, 0) is 275 Å². The summed E-state index contributed by atoms with van der Waals surface area (Å²) in [4.78, 5) is 65.4. The highest BCUT2D eigenvalue weighted by molar-refractivity contribution is 9.11. The number of benzene rings is 6. The van der Waals surface area contributed by atoms with E-state index in [-0.39, 0.29) is 0 Å². The summed E-state index contributed by atoms with van der Waals surface area (Å²) in [6.07, 6.45) is 22.0. The van der Waals surface area contributed by atoms with Crippen LogP contribution in [-0.2, 0) is 26.5 Å². The molecular formula is C95H122Br3N24O6P3. The quantitative estimate of drug-likeness (QED) is 0.0290. The topological polar surface area (TPSA) is 306 Å². The third-order valence-electron chi connectivity index (χ3n) is 26.5. The Labute approximate surface area is 794 Å². The van der Waals surface area contributed by atoms with E-state index in [1.807, 2.05) is 49.7 Å². The molecule has 131 heavy (non-hydrogen) atoms. The van der Waals surface area contributed by atoms with Crippen LogP contribution in [-0.4, -0.2) is 275 Å². The van der Waals surface area contributed by atoms with Crippen molar-refractivity contribution in [1.29, 1.82) is 0 Å². The Balaban J connectivity index is 0.000000144. The zero-order valence-electron chi connectivity index (χ0n) is 77.8. The van der Waals surface area contributed by atoms with Crippen molar-refractivity contribution in [1.82, 2.24) is 74.3 Å². The predicted octanol–water partition coefficient (Wildman–Crippen LogP) is 17.2. The average molecular weight is 2030 g/mol. The van der Waals surface area contributed by atoms with E-state index in [9.17, 15) is 13.7 Å². The number of nitrogens with one attached hydrogen (secondary N) is 6. The van der Waals surface area contributed by atoms with E-state index in [2.05, 4.69) is 238 Å². The maximum absolute atomic E-state index is 13.4. The molecule has 6 saturated heterocycles. The molecule has 11 heterocycles. The highest BCUT2D eigenvalue weighted by Crippen LogP contribution is 2.50.